The molecular formula is C16H23ClN2O3S. The van der Waals surface area contributed by atoms with E-state index < -0.39 is 10.0 Å². The summed E-state index contributed by atoms with van der Waals surface area (Å²) >= 11 is 6.01. The molecule has 0 spiro atoms. The van der Waals surface area contributed by atoms with Crippen LogP contribution < -0.4 is 5.32 Å². The van der Waals surface area contributed by atoms with Crippen molar-refractivity contribution in [3.63, 3.8) is 0 Å². The molecule has 0 bridgehead atoms. The van der Waals surface area contributed by atoms with Gasteiger partial charge in [0.2, 0.25) is 10.0 Å². The van der Waals surface area contributed by atoms with Gasteiger partial charge in [0.05, 0.1) is 5.02 Å². The summed E-state index contributed by atoms with van der Waals surface area (Å²) in [6.07, 6.45) is 4.37. The third-order valence-electron chi connectivity index (χ3n) is 4.38. The average molecular weight is 359 g/mol. The fraction of sp³-hybridized carbons (Fsp3) is 0.562. The second-order valence-corrected chi connectivity index (χ2v) is 8.80. The summed E-state index contributed by atoms with van der Waals surface area (Å²) in [6.45, 7) is 2.13. The van der Waals surface area contributed by atoms with Crippen molar-refractivity contribution in [1.82, 2.24) is 9.62 Å². The highest BCUT2D eigenvalue weighted by Crippen LogP contribution is 2.26. The molecule has 0 aromatic heterocycles. The van der Waals surface area contributed by atoms with Crippen LogP contribution in [0.15, 0.2) is 23.1 Å². The zero-order valence-corrected chi connectivity index (χ0v) is 15.2. The van der Waals surface area contributed by atoms with Crippen molar-refractivity contribution in [3.05, 3.63) is 28.8 Å². The minimum absolute atomic E-state index is 0.0477. The van der Waals surface area contributed by atoms with E-state index in [-0.39, 0.29) is 21.9 Å². The number of amides is 1. The predicted molar refractivity (Wildman–Crippen MR) is 91.2 cm³/mol. The van der Waals surface area contributed by atoms with Crippen LogP contribution in [-0.2, 0) is 10.0 Å². The predicted octanol–water partition coefficient (Wildman–Crippen LogP) is 2.90. The van der Waals surface area contributed by atoms with Crippen molar-refractivity contribution < 1.29 is 13.2 Å². The fourth-order valence-corrected chi connectivity index (χ4v) is 4.22. The van der Waals surface area contributed by atoms with Gasteiger partial charge in [-0.15, -0.1) is 0 Å². The number of hydrogen-bond donors (Lipinski definition) is 1. The Morgan fingerprint density at radius 1 is 1.26 bits per heavy atom. The van der Waals surface area contributed by atoms with Gasteiger partial charge in [-0.3, -0.25) is 4.79 Å². The highest BCUT2D eigenvalue weighted by molar-refractivity contribution is 7.89. The molecule has 0 aliphatic heterocycles. The molecule has 128 valence electrons. The molecule has 0 saturated heterocycles. The Morgan fingerprint density at radius 2 is 1.91 bits per heavy atom. The maximum atomic E-state index is 12.5. The van der Waals surface area contributed by atoms with Crippen LogP contribution in [0.2, 0.25) is 5.02 Å². The molecule has 1 aliphatic carbocycles. The molecule has 0 heterocycles. The molecule has 1 aromatic rings. The second kappa shape index (κ2) is 7.20. The summed E-state index contributed by atoms with van der Waals surface area (Å²) in [4.78, 5) is 12.4. The van der Waals surface area contributed by atoms with Crippen molar-refractivity contribution in [3.8, 4) is 0 Å². The van der Waals surface area contributed by atoms with Crippen LogP contribution in [0.1, 0.15) is 43.0 Å². The molecule has 1 amide bonds. The number of sulfonamides is 1. The van der Waals surface area contributed by atoms with Gasteiger partial charge in [-0.25, -0.2) is 12.7 Å². The van der Waals surface area contributed by atoms with Crippen molar-refractivity contribution in [2.45, 2.75) is 43.5 Å². The zero-order chi connectivity index (χ0) is 17.2. The van der Waals surface area contributed by atoms with Crippen LogP contribution in [-0.4, -0.2) is 38.8 Å². The lowest BCUT2D eigenvalue weighted by Crippen LogP contribution is -2.41. The number of nitrogens with zero attached hydrogens (tertiary/aromatic N) is 1. The van der Waals surface area contributed by atoms with Crippen LogP contribution in [0.4, 0.5) is 0 Å². The highest BCUT2D eigenvalue weighted by Gasteiger charge is 2.25. The van der Waals surface area contributed by atoms with E-state index in [1.54, 1.807) is 6.07 Å². The number of nitrogens with one attached hydrogen (secondary N) is 1. The Kier molecular flexibility index (Phi) is 5.70. The van der Waals surface area contributed by atoms with Gasteiger partial charge in [0.1, 0.15) is 4.90 Å². The van der Waals surface area contributed by atoms with E-state index in [0.29, 0.717) is 11.5 Å². The summed E-state index contributed by atoms with van der Waals surface area (Å²) in [5.74, 6) is 0.181. The van der Waals surface area contributed by atoms with Gasteiger partial charge in [-0.05, 0) is 37.0 Å². The van der Waals surface area contributed by atoms with Gasteiger partial charge in [0, 0.05) is 25.7 Å². The number of benzene rings is 1. The SMILES string of the molecule is C[C@H]1CCCC[C@H]1NC(=O)c1ccc(Cl)c(S(=O)(=O)N(C)C)c1. The first kappa shape index (κ1) is 18.2. The van der Waals surface area contributed by atoms with Gasteiger partial charge < -0.3 is 5.32 Å². The molecule has 1 aliphatic rings. The Balaban J connectivity index is 2.25. The van der Waals surface area contributed by atoms with Crippen molar-refractivity contribution >= 4 is 27.5 Å². The van der Waals surface area contributed by atoms with Crippen molar-refractivity contribution in [2.24, 2.45) is 5.92 Å². The van der Waals surface area contributed by atoms with Crippen LogP contribution in [0.3, 0.4) is 0 Å². The lowest BCUT2D eigenvalue weighted by Gasteiger charge is -2.29. The van der Waals surface area contributed by atoms with Gasteiger partial charge in [0.15, 0.2) is 0 Å². The molecule has 0 radical (unpaired) electrons. The summed E-state index contributed by atoms with van der Waals surface area (Å²) in [6, 6.07) is 4.50. The van der Waals surface area contributed by atoms with E-state index in [9.17, 15) is 13.2 Å². The standard InChI is InChI=1S/C16H23ClN2O3S/c1-11-6-4-5-7-14(11)18-16(20)12-8-9-13(17)15(10-12)23(21,22)19(2)3/h8-11,14H,4-7H2,1-3H3,(H,18,20)/t11-,14+/m0/s1. The molecule has 5 nitrogen and oxygen atoms in total. The van der Waals surface area contributed by atoms with E-state index in [1.165, 1.54) is 32.6 Å². The van der Waals surface area contributed by atoms with E-state index in [2.05, 4.69) is 12.2 Å². The van der Waals surface area contributed by atoms with E-state index >= 15 is 0 Å². The van der Waals surface area contributed by atoms with Crippen LogP contribution in [0.25, 0.3) is 0 Å². The minimum Gasteiger partial charge on any atom is -0.349 e. The van der Waals surface area contributed by atoms with Gasteiger partial charge in [-0.1, -0.05) is 31.4 Å². The molecule has 1 fully saturated rings. The monoisotopic (exact) mass is 358 g/mol. The van der Waals surface area contributed by atoms with Gasteiger partial charge >= 0.3 is 0 Å². The molecular weight excluding hydrogens is 336 g/mol. The second-order valence-electron chi connectivity index (χ2n) is 6.27. The molecule has 2 rings (SSSR count). The van der Waals surface area contributed by atoms with Gasteiger partial charge in [-0.2, -0.15) is 0 Å². The topological polar surface area (TPSA) is 66.5 Å². The summed E-state index contributed by atoms with van der Waals surface area (Å²) in [5, 5.41) is 3.13. The first-order chi connectivity index (χ1) is 10.7. The normalized spacial score (nSPS) is 22.1. The third kappa shape index (κ3) is 4.05. The number of rotatable bonds is 4. The lowest BCUT2D eigenvalue weighted by molar-refractivity contribution is 0.0910. The number of carbonyl (C=O) groups is 1. The maximum Gasteiger partial charge on any atom is 0.251 e. The van der Waals surface area contributed by atoms with E-state index in [1.807, 2.05) is 0 Å². The fourth-order valence-electron chi connectivity index (χ4n) is 2.82. The lowest BCUT2D eigenvalue weighted by atomic mass is 9.86. The number of carbonyl (C=O) groups excluding carboxylic acids is 1. The van der Waals surface area contributed by atoms with Gasteiger partial charge in [0.25, 0.3) is 5.91 Å². The number of halogens is 1. The van der Waals surface area contributed by atoms with Crippen molar-refractivity contribution in [2.75, 3.05) is 14.1 Å². The molecule has 23 heavy (non-hydrogen) atoms. The molecule has 1 N–H and O–H groups in total. The molecule has 0 unspecified atom stereocenters. The molecule has 1 aromatic carbocycles. The first-order valence-corrected chi connectivity index (χ1v) is 9.58. The Labute approximate surface area is 143 Å². The Bertz CT molecular complexity index is 689. The zero-order valence-electron chi connectivity index (χ0n) is 13.7. The Morgan fingerprint density at radius 3 is 2.52 bits per heavy atom. The highest BCUT2D eigenvalue weighted by atomic mass is 35.5. The minimum atomic E-state index is -3.69. The third-order valence-corrected chi connectivity index (χ3v) is 6.68. The summed E-state index contributed by atoms with van der Waals surface area (Å²) in [7, 11) is -0.821. The quantitative estimate of drug-likeness (QED) is 0.899. The van der Waals surface area contributed by atoms with Crippen LogP contribution >= 0.6 is 11.6 Å². The summed E-state index contributed by atoms with van der Waals surface area (Å²) in [5.41, 5.74) is 0.313. The smallest absolute Gasteiger partial charge is 0.251 e. The molecule has 7 heteroatoms. The number of hydrogen-bond acceptors (Lipinski definition) is 3. The van der Waals surface area contributed by atoms with Crippen molar-refractivity contribution in [1.29, 1.82) is 0 Å². The van der Waals surface area contributed by atoms with E-state index in [0.717, 1.165) is 23.6 Å². The first-order valence-electron chi connectivity index (χ1n) is 7.76. The summed E-state index contributed by atoms with van der Waals surface area (Å²) < 4.78 is 25.6. The molecule has 2 atom stereocenters. The Hall–Kier alpha value is -1.11. The van der Waals surface area contributed by atoms with Crippen LogP contribution in [0, 0.1) is 5.92 Å². The average Bonchev–Trinajstić information content (AvgIpc) is 2.49. The molecule has 1 saturated carbocycles. The largest absolute Gasteiger partial charge is 0.349 e. The van der Waals surface area contributed by atoms with E-state index in [4.69, 9.17) is 11.6 Å². The van der Waals surface area contributed by atoms with Crippen LogP contribution in [0.5, 0.6) is 0 Å². The maximum absolute atomic E-state index is 12.5.